The van der Waals surface area contributed by atoms with Gasteiger partial charge in [-0.3, -0.25) is 0 Å². The SMILES string of the molecule is O=C(OCC#Cc1ccc(C(F)(F)F)cc1)c1cncnc1. The van der Waals surface area contributed by atoms with Gasteiger partial charge in [-0.2, -0.15) is 13.2 Å². The number of hydrogen-bond acceptors (Lipinski definition) is 4. The van der Waals surface area contributed by atoms with E-state index in [-0.39, 0.29) is 12.2 Å². The maximum Gasteiger partial charge on any atom is 0.416 e. The van der Waals surface area contributed by atoms with Crippen LogP contribution >= 0.6 is 0 Å². The molecule has 2 rings (SSSR count). The van der Waals surface area contributed by atoms with Gasteiger partial charge in [0, 0.05) is 18.0 Å². The molecule has 4 nitrogen and oxygen atoms in total. The molecule has 0 saturated carbocycles. The highest BCUT2D eigenvalue weighted by molar-refractivity contribution is 5.88. The van der Waals surface area contributed by atoms with Crippen LogP contribution in [0.3, 0.4) is 0 Å². The maximum absolute atomic E-state index is 12.4. The van der Waals surface area contributed by atoms with Crippen molar-refractivity contribution in [3.05, 3.63) is 59.7 Å². The summed E-state index contributed by atoms with van der Waals surface area (Å²) in [4.78, 5) is 18.9. The first-order valence-corrected chi connectivity index (χ1v) is 6.05. The Hall–Kier alpha value is -2.88. The zero-order valence-electron chi connectivity index (χ0n) is 11.1. The van der Waals surface area contributed by atoms with Crippen molar-refractivity contribution in [3.8, 4) is 11.8 Å². The number of aromatic nitrogens is 2. The molecule has 0 unspecified atom stereocenters. The molecule has 0 atom stereocenters. The molecular formula is C15H9F3N2O2. The molecular weight excluding hydrogens is 297 g/mol. The standard InChI is InChI=1S/C15H9F3N2O2/c16-15(17,18)13-5-3-11(4-6-13)2-1-7-22-14(21)12-8-19-10-20-9-12/h3-6,8-10H,7H2. The molecule has 22 heavy (non-hydrogen) atoms. The Morgan fingerprint density at radius 3 is 2.36 bits per heavy atom. The number of benzene rings is 1. The van der Waals surface area contributed by atoms with Gasteiger partial charge in [-0.05, 0) is 24.3 Å². The molecule has 0 amide bonds. The van der Waals surface area contributed by atoms with E-state index < -0.39 is 17.7 Å². The highest BCUT2D eigenvalue weighted by Gasteiger charge is 2.29. The molecule has 0 saturated heterocycles. The van der Waals surface area contributed by atoms with E-state index in [0.717, 1.165) is 12.1 Å². The highest BCUT2D eigenvalue weighted by atomic mass is 19.4. The lowest BCUT2D eigenvalue weighted by atomic mass is 10.1. The normalized spacial score (nSPS) is 10.5. The van der Waals surface area contributed by atoms with Gasteiger partial charge in [0.15, 0.2) is 6.61 Å². The van der Waals surface area contributed by atoms with Crippen LogP contribution < -0.4 is 0 Å². The van der Waals surface area contributed by atoms with Crippen LogP contribution in [0.2, 0.25) is 0 Å². The quantitative estimate of drug-likeness (QED) is 0.632. The summed E-state index contributed by atoms with van der Waals surface area (Å²) < 4.78 is 42.0. The number of carbonyl (C=O) groups excluding carboxylic acids is 1. The number of ether oxygens (including phenoxy) is 1. The fourth-order valence-corrected chi connectivity index (χ4v) is 1.47. The summed E-state index contributed by atoms with van der Waals surface area (Å²) in [6, 6.07) is 4.39. The van der Waals surface area contributed by atoms with Crippen molar-refractivity contribution in [1.82, 2.24) is 9.97 Å². The van der Waals surface area contributed by atoms with Crippen LogP contribution in [0.5, 0.6) is 0 Å². The predicted molar refractivity (Wildman–Crippen MR) is 70.6 cm³/mol. The number of hydrogen-bond donors (Lipinski definition) is 0. The number of esters is 1. The molecule has 0 fully saturated rings. The minimum absolute atomic E-state index is 0.186. The average Bonchev–Trinajstić information content (AvgIpc) is 2.52. The first-order chi connectivity index (χ1) is 10.5. The molecule has 0 bridgehead atoms. The third-order valence-corrected chi connectivity index (χ3v) is 2.52. The Morgan fingerprint density at radius 2 is 1.77 bits per heavy atom. The molecule has 2 aromatic rings. The Kier molecular flexibility index (Phi) is 4.73. The smallest absolute Gasteiger partial charge is 0.416 e. The summed E-state index contributed by atoms with van der Waals surface area (Å²) in [6.45, 7) is -0.186. The monoisotopic (exact) mass is 306 g/mol. The Balaban J connectivity index is 1.90. The van der Waals surface area contributed by atoms with Gasteiger partial charge in [0.05, 0.1) is 11.1 Å². The van der Waals surface area contributed by atoms with Crippen LogP contribution in [0.1, 0.15) is 21.5 Å². The Bertz CT molecular complexity index is 702. The van der Waals surface area contributed by atoms with Crippen LogP contribution in [0.25, 0.3) is 0 Å². The summed E-state index contributed by atoms with van der Waals surface area (Å²) in [5, 5.41) is 0. The first-order valence-electron chi connectivity index (χ1n) is 6.05. The van der Waals surface area contributed by atoms with E-state index in [1.807, 2.05) is 0 Å². The molecule has 1 heterocycles. The number of rotatable bonds is 2. The van der Waals surface area contributed by atoms with Gasteiger partial charge < -0.3 is 4.74 Å². The summed E-state index contributed by atoms with van der Waals surface area (Å²) >= 11 is 0. The lowest BCUT2D eigenvalue weighted by Crippen LogP contribution is -2.06. The van der Waals surface area contributed by atoms with Crippen LogP contribution in [0.15, 0.2) is 43.0 Å². The van der Waals surface area contributed by atoms with Gasteiger partial charge in [-0.25, -0.2) is 14.8 Å². The summed E-state index contributed by atoms with van der Waals surface area (Å²) in [6.07, 6.45) is -0.488. The van der Waals surface area contributed by atoms with Crippen molar-refractivity contribution in [2.45, 2.75) is 6.18 Å². The second-order valence-electron chi connectivity index (χ2n) is 4.08. The first kappa shape index (κ1) is 15.5. The van der Waals surface area contributed by atoms with E-state index in [1.165, 1.54) is 30.9 Å². The molecule has 0 aliphatic heterocycles. The molecule has 0 aliphatic carbocycles. The third kappa shape index (κ3) is 4.31. The summed E-state index contributed by atoms with van der Waals surface area (Å²) in [7, 11) is 0. The zero-order valence-corrected chi connectivity index (χ0v) is 11.1. The fraction of sp³-hybridized carbons (Fsp3) is 0.133. The molecule has 112 valence electrons. The maximum atomic E-state index is 12.4. The second kappa shape index (κ2) is 6.72. The lowest BCUT2D eigenvalue weighted by molar-refractivity contribution is -0.137. The number of nitrogens with zero attached hydrogens (tertiary/aromatic N) is 2. The highest BCUT2D eigenvalue weighted by Crippen LogP contribution is 2.28. The van der Waals surface area contributed by atoms with E-state index in [9.17, 15) is 18.0 Å². The van der Waals surface area contributed by atoms with Crippen LogP contribution in [0.4, 0.5) is 13.2 Å². The topological polar surface area (TPSA) is 52.1 Å². The van der Waals surface area contributed by atoms with E-state index >= 15 is 0 Å². The van der Waals surface area contributed by atoms with Gasteiger partial charge in [0.2, 0.25) is 0 Å². The van der Waals surface area contributed by atoms with Gasteiger partial charge in [-0.15, -0.1) is 0 Å². The van der Waals surface area contributed by atoms with E-state index in [2.05, 4.69) is 21.8 Å². The van der Waals surface area contributed by atoms with Crippen molar-refractivity contribution in [3.63, 3.8) is 0 Å². The Morgan fingerprint density at radius 1 is 1.14 bits per heavy atom. The van der Waals surface area contributed by atoms with E-state index in [4.69, 9.17) is 4.74 Å². The van der Waals surface area contributed by atoms with Crippen LogP contribution in [-0.2, 0) is 10.9 Å². The Labute approximate surface area is 124 Å². The molecule has 0 aliphatic rings. The fourth-order valence-electron chi connectivity index (χ4n) is 1.47. The molecule has 1 aromatic carbocycles. The van der Waals surface area contributed by atoms with Crippen LogP contribution in [-0.4, -0.2) is 22.5 Å². The number of alkyl halides is 3. The number of carbonyl (C=O) groups is 1. The van der Waals surface area contributed by atoms with Crippen molar-refractivity contribution < 1.29 is 22.7 Å². The summed E-state index contributed by atoms with van der Waals surface area (Å²) in [5.41, 5.74) is -0.153. The predicted octanol–water partition coefficient (Wildman–Crippen LogP) is 2.70. The largest absolute Gasteiger partial charge is 0.449 e. The van der Waals surface area contributed by atoms with Gasteiger partial charge in [0.1, 0.15) is 6.33 Å². The van der Waals surface area contributed by atoms with Crippen molar-refractivity contribution in [2.24, 2.45) is 0 Å². The lowest BCUT2D eigenvalue weighted by Gasteiger charge is -2.05. The molecule has 0 N–H and O–H groups in total. The van der Waals surface area contributed by atoms with E-state index in [0.29, 0.717) is 5.56 Å². The van der Waals surface area contributed by atoms with Gasteiger partial charge in [0.25, 0.3) is 0 Å². The molecule has 7 heteroatoms. The average molecular weight is 306 g/mol. The third-order valence-electron chi connectivity index (χ3n) is 2.52. The second-order valence-corrected chi connectivity index (χ2v) is 4.08. The molecule has 1 aromatic heterocycles. The van der Waals surface area contributed by atoms with Gasteiger partial charge in [-0.1, -0.05) is 11.8 Å². The van der Waals surface area contributed by atoms with Crippen molar-refractivity contribution in [1.29, 1.82) is 0 Å². The van der Waals surface area contributed by atoms with Crippen molar-refractivity contribution >= 4 is 5.97 Å². The van der Waals surface area contributed by atoms with Gasteiger partial charge >= 0.3 is 12.1 Å². The summed E-state index contributed by atoms with van der Waals surface area (Å²) in [5.74, 6) is 4.53. The minimum Gasteiger partial charge on any atom is -0.449 e. The van der Waals surface area contributed by atoms with Crippen molar-refractivity contribution in [2.75, 3.05) is 6.61 Å². The zero-order chi connectivity index (χ0) is 16.0. The van der Waals surface area contributed by atoms with Crippen LogP contribution in [0, 0.1) is 11.8 Å². The van der Waals surface area contributed by atoms with E-state index in [1.54, 1.807) is 0 Å². The molecule has 0 radical (unpaired) electrons. The number of halogens is 3. The molecule has 0 spiro atoms. The minimum atomic E-state index is -4.38.